The minimum atomic E-state index is -0.0698. The number of rotatable bonds is 4. The maximum Gasteiger partial charge on any atom is 0.239 e. The molecule has 17 heavy (non-hydrogen) atoms. The molecule has 0 radical (unpaired) electrons. The van der Waals surface area contributed by atoms with E-state index in [1.165, 1.54) is 0 Å². The van der Waals surface area contributed by atoms with Gasteiger partial charge in [0, 0.05) is 12.6 Å². The largest absolute Gasteiger partial charge is 0.352 e. The van der Waals surface area contributed by atoms with Crippen LogP contribution in [-0.4, -0.2) is 37.5 Å². The van der Waals surface area contributed by atoms with Gasteiger partial charge in [-0.25, -0.2) is 0 Å². The lowest BCUT2D eigenvalue weighted by Crippen LogP contribution is -2.44. The van der Waals surface area contributed by atoms with Crippen LogP contribution in [0.15, 0.2) is 0 Å². The highest BCUT2D eigenvalue weighted by molar-refractivity contribution is 5.86. The summed E-state index contributed by atoms with van der Waals surface area (Å²) in [4.78, 5) is 23.0. The third-order valence-electron chi connectivity index (χ3n) is 3.03. The van der Waals surface area contributed by atoms with Crippen LogP contribution in [0.3, 0.4) is 0 Å². The fraction of sp³-hybridized carbons (Fsp3) is 0.818. The summed E-state index contributed by atoms with van der Waals surface area (Å²) < 4.78 is 0. The molecule has 3 N–H and O–H groups in total. The molecule has 1 saturated heterocycles. The van der Waals surface area contributed by atoms with E-state index in [9.17, 15) is 9.59 Å². The summed E-state index contributed by atoms with van der Waals surface area (Å²) in [6.07, 6.45) is 4.11. The first-order chi connectivity index (χ1) is 7.75. The van der Waals surface area contributed by atoms with E-state index in [0.29, 0.717) is 6.04 Å². The van der Waals surface area contributed by atoms with E-state index >= 15 is 0 Å². The summed E-state index contributed by atoms with van der Waals surface area (Å²) >= 11 is 0. The van der Waals surface area contributed by atoms with Crippen LogP contribution in [0.5, 0.6) is 0 Å². The second-order valence-corrected chi connectivity index (χ2v) is 4.60. The minimum Gasteiger partial charge on any atom is -0.352 e. The quantitative estimate of drug-likeness (QED) is 0.657. The van der Waals surface area contributed by atoms with Gasteiger partial charge in [0.2, 0.25) is 11.8 Å². The second-order valence-electron chi connectivity index (χ2n) is 4.60. The van der Waals surface area contributed by atoms with Crippen molar-refractivity contribution in [1.82, 2.24) is 16.0 Å². The van der Waals surface area contributed by atoms with Gasteiger partial charge in [-0.15, -0.1) is 12.4 Å². The molecule has 1 unspecified atom stereocenters. The predicted molar refractivity (Wildman–Crippen MR) is 67.0 cm³/mol. The van der Waals surface area contributed by atoms with E-state index in [4.69, 9.17) is 0 Å². The Bertz CT molecular complexity index is 276. The van der Waals surface area contributed by atoms with Gasteiger partial charge in [0.1, 0.15) is 0 Å². The van der Waals surface area contributed by atoms with E-state index in [1.807, 2.05) is 0 Å². The Kier molecular flexibility index (Phi) is 5.71. The summed E-state index contributed by atoms with van der Waals surface area (Å²) in [5.74, 6) is -0.0414. The number of carbonyl (C=O) groups excluding carboxylic acids is 2. The van der Waals surface area contributed by atoms with Crippen LogP contribution in [0.2, 0.25) is 0 Å². The molecule has 0 aromatic carbocycles. The topological polar surface area (TPSA) is 70.2 Å². The smallest absolute Gasteiger partial charge is 0.239 e. The van der Waals surface area contributed by atoms with Gasteiger partial charge in [-0.1, -0.05) is 0 Å². The van der Waals surface area contributed by atoms with E-state index in [0.717, 1.165) is 38.8 Å². The fourth-order valence-electron chi connectivity index (χ4n) is 1.89. The molecule has 6 heteroatoms. The molecule has 1 heterocycles. The van der Waals surface area contributed by atoms with E-state index in [2.05, 4.69) is 16.0 Å². The Hall–Kier alpha value is -0.810. The van der Waals surface area contributed by atoms with E-state index in [-0.39, 0.29) is 36.7 Å². The molecule has 2 fully saturated rings. The van der Waals surface area contributed by atoms with Crippen LogP contribution >= 0.6 is 12.4 Å². The maximum atomic E-state index is 11.7. The number of nitrogens with one attached hydrogen (secondary N) is 3. The van der Waals surface area contributed by atoms with Crippen molar-refractivity contribution in [3.05, 3.63) is 0 Å². The van der Waals surface area contributed by atoms with Gasteiger partial charge in [-0.05, 0) is 32.2 Å². The van der Waals surface area contributed by atoms with Gasteiger partial charge in [-0.3, -0.25) is 9.59 Å². The summed E-state index contributed by atoms with van der Waals surface area (Å²) in [5, 5.41) is 8.72. The monoisotopic (exact) mass is 261 g/mol. The Morgan fingerprint density at radius 1 is 1.24 bits per heavy atom. The highest BCUT2D eigenvalue weighted by Crippen LogP contribution is 2.18. The SMILES string of the molecule is Cl.O=C(CNC(=O)C1CCCNC1)NC1CC1. The molecule has 2 rings (SSSR count). The van der Waals surface area contributed by atoms with Crippen molar-refractivity contribution in [1.29, 1.82) is 0 Å². The van der Waals surface area contributed by atoms with Crippen molar-refractivity contribution < 1.29 is 9.59 Å². The Balaban J connectivity index is 0.00000144. The lowest BCUT2D eigenvalue weighted by Gasteiger charge is -2.21. The molecule has 1 atom stereocenters. The molecule has 2 amide bonds. The maximum absolute atomic E-state index is 11.7. The van der Waals surface area contributed by atoms with Gasteiger partial charge in [-0.2, -0.15) is 0 Å². The molecule has 1 aliphatic heterocycles. The molecule has 0 aromatic rings. The molecule has 0 spiro atoms. The fourth-order valence-corrected chi connectivity index (χ4v) is 1.89. The molecule has 1 aliphatic carbocycles. The normalized spacial score (nSPS) is 23.4. The zero-order valence-electron chi connectivity index (χ0n) is 9.83. The summed E-state index contributed by atoms with van der Waals surface area (Å²) in [7, 11) is 0. The lowest BCUT2D eigenvalue weighted by molar-refractivity contribution is -0.129. The van der Waals surface area contributed by atoms with Crippen molar-refractivity contribution in [2.45, 2.75) is 31.7 Å². The van der Waals surface area contributed by atoms with Crippen molar-refractivity contribution in [2.75, 3.05) is 19.6 Å². The molecule has 5 nitrogen and oxygen atoms in total. The number of hydrogen-bond acceptors (Lipinski definition) is 3. The van der Waals surface area contributed by atoms with Gasteiger partial charge in [0.25, 0.3) is 0 Å². The van der Waals surface area contributed by atoms with Crippen LogP contribution in [0, 0.1) is 5.92 Å². The lowest BCUT2D eigenvalue weighted by atomic mass is 9.99. The summed E-state index contributed by atoms with van der Waals surface area (Å²) in [5.41, 5.74) is 0. The Labute approximate surface area is 108 Å². The van der Waals surface area contributed by atoms with Crippen molar-refractivity contribution >= 4 is 24.2 Å². The standard InChI is InChI=1S/C11H19N3O2.ClH/c15-10(14-9-3-4-9)7-13-11(16)8-2-1-5-12-6-8;/h8-9,12H,1-7H2,(H,13,16)(H,14,15);1H. The van der Waals surface area contributed by atoms with Crippen molar-refractivity contribution in [3.63, 3.8) is 0 Å². The highest BCUT2D eigenvalue weighted by atomic mass is 35.5. The first-order valence-electron chi connectivity index (χ1n) is 6.03. The first kappa shape index (κ1) is 14.3. The zero-order valence-corrected chi connectivity index (χ0v) is 10.6. The van der Waals surface area contributed by atoms with Crippen molar-refractivity contribution in [3.8, 4) is 0 Å². The number of carbonyl (C=O) groups is 2. The predicted octanol–water partition coefficient (Wildman–Crippen LogP) is -0.197. The van der Waals surface area contributed by atoms with Gasteiger partial charge >= 0.3 is 0 Å². The molecule has 0 aromatic heterocycles. The third-order valence-corrected chi connectivity index (χ3v) is 3.03. The molecule has 0 bridgehead atoms. The molecule has 2 aliphatic rings. The number of hydrogen-bond donors (Lipinski definition) is 3. The molecule has 98 valence electrons. The van der Waals surface area contributed by atoms with Crippen molar-refractivity contribution in [2.24, 2.45) is 5.92 Å². The Morgan fingerprint density at radius 3 is 2.59 bits per heavy atom. The van der Waals surface area contributed by atoms with Gasteiger partial charge < -0.3 is 16.0 Å². The number of piperidine rings is 1. The Morgan fingerprint density at radius 2 is 2.00 bits per heavy atom. The third kappa shape index (κ3) is 4.91. The van der Waals surface area contributed by atoms with E-state index in [1.54, 1.807) is 0 Å². The number of amides is 2. The van der Waals surface area contributed by atoms with Crippen LogP contribution < -0.4 is 16.0 Å². The first-order valence-corrected chi connectivity index (χ1v) is 6.03. The van der Waals surface area contributed by atoms with Crippen LogP contribution in [0.25, 0.3) is 0 Å². The van der Waals surface area contributed by atoms with Gasteiger partial charge in [0.15, 0.2) is 0 Å². The minimum absolute atomic E-state index is 0. The van der Waals surface area contributed by atoms with Gasteiger partial charge in [0.05, 0.1) is 12.5 Å². The molecule has 1 saturated carbocycles. The summed E-state index contributed by atoms with van der Waals surface area (Å²) in [6.45, 7) is 1.84. The summed E-state index contributed by atoms with van der Waals surface area (Å²) in [6, 6.07) is 0.362. The average Bonchev–Trinajstić information content (AvgIpc) is 3.11. The van der Waals surface area contributed by atoms with E-state index < -0.39 is 0 Å². The average molecular weight is 262 g/mol. The van der Waals surface area contributed by atoms with Crippen LogP contribution in [0.1, 0.15) is 25.7 Å². The number of halogens is 1. The van der Waals surface area contributed by atoms with Crippen LogP contribution in [0.4, 0.5) is 0 Å². The molecular formula is C11H20ClN3O2. The highest BCUT2D eigenvalue weighted by Gasteiger charge is 2.24. The van der Waals surface area contributed by atoms with Crippen LogP contribution in [-0.2, 0) is 9.59 Å². The zero-order chi connectivity index (χ0) is 11.4. The second kappa shape index (κ2) is 6.81. The molecular weight excluding hydrogens is 242 g/mol.